The van der Waals surface area contributed by atoms with Gasteiger partial charge in [0, 0.05) is 51.7 Å². The lowest BCUT2D eigenvalue weighted by molar-refractivity contribution is 1.31. The first-order chi connectivity index (χ1) is 29.2. The number of anilines is 3. The van der Waals surface area contributed by atoms with Crippen molar-refractivity contribution in [3.63, 3.8) is 0 Å². The highest BCUT2D eigenvalue weighted by Crippen LogP contribution is 2.50. The molecule has 0 spiro atoms. The number of rotatable bonds is 6. The minimum Gasteiger partial charge on any atom is -0.310 e. The molecule has 0 aliphatic rings. The summed E-state index contributed by atoms with van der Waals surface area (Å²) in [5.41, 5.74) is 10.8. The zero-order valence-corrected chi connectivity index (χ0v) is 33.6. The second kappa shape index (κ2) is 13.8. The highest BCUT2D eigenvalue weighted by molar-refractivity contribution is 7.26. The van der Waals surface area contributed by atoms with Crippen molar-refractivity contribution in [2.45, 2.75) is 0 Å². The van der Waals surface area contributed by atoms with Gasteiger partial charge in [0.2, 0.25) is 0 Å². The lowest BCUT2D eigenvalue weighted by Crippen LogP contribution is -2.10. The summed E-state index contributed by atoms with van der Waals surface area (Å²) in [4.78, 5) is 2.48. The molecule has 59 heavy (non-hydrogen) atoms. The summed E-state index contributed by atoms with van der Waals surface area (Å²) in [5, 5.41) is 10.2. The number of hydrogen-bond donors (Lipinski definition) is 0. The van der Waals surface area contributed by atoms with Gasteiger partial charge in [-0.3, -0.25) is 0 Å². The van der Waals surface area contributed by atoms with Crippen LogP contribution in [0.4, 0.5) is 17.1 Å². The van der Waals surface area contributed by atoms with Crippen molar-refractivity contribution in [3.05, 3.63) is 212 Å². The van der Waals surface area contributed by atoms with Gasteiger partial charge in [0.1, 0.15) is 0 Å². The normalized spacial score (nSPS) is 11.7. The molecule has 0 N–H and O–H groups in total. The monoisotopic (exact) mass is 785 g/mol. The van der Waals surface area contributed by atoms with E-state index < -0.39 is 0 Å². The zero-order valence-electron chi connectivity index (χ0n) is 32.0. The van der Waals surface area contributed by atoms with Gasteiger partial charge < -0.3 is 4.90 Å². The van der Waals surface area contributed by atoms with Gasteiger partial charge in [-0.1, -0.05) is 158 Å². The molecule has 2 aromatic heterocycles. The molecule has 0 saturated carbocycles. The summed E-state index contributed by atoms with van der Waals surface area (Å²) >= 11 is 3.76. The van der Waals surface area contributed by atoms with E-state index in [4.69, 9.17) is 0 Å². The summed E-state index contributed by atoms with van der Waals surface area (Å²) in [7, 11) is 0. The number of thiophene rings is 2. The standard InChI is InChI=1S/C56H35NS2/c1-3-11-36(12-4-1)42-25-29-48-54(34-42)59-56-46(38-13-5-2-6-14-38)30-31-51(55(48)56)57(44-28-32-53-50(35-44)47-17-9-10-18-52(47)58-53)43-26-23-37(24-27-43)41-22-21-40-20-19-39-15-7-8-16-45(39)49(40)33-41/h1-35H. The van der Waals surface area contributed by atoms with E-state index in [0.717, 1.165) is 11.4 Å². The Morgan fingerprint density at radius 1 is 0.305 bits per heavy atom. The molecule has 2 heterocycles. The van der Waals surface area contributed by atoms with Crippen molar-refractivity contribution in [2.75, 3.05) is 4.90 Å². The van der Waals surface area contributed by atoms with E-state index in [0.29, 0.717) is 0 Å². The van der Waals surface area contributed by atoms with Crippen molar-refractivity contribution in [2.24, 2.45) is 0 Å². The number of nitrogens with zero attached hydrogens (tertiary/aromatic N) is 1. The van der Waals surface area contributed by atoms with Crippen LogP contribution in [0.2, 0.25) is 0 Å². The maximum Gasteiger partial charge on any atom is 0.0555 e. The Balaban J connectivity index is 1.08. The number of hydrogen-bond acceptors (Lipinski definition) is 3. The first-order valence-electron chi connectivity index (χ1n) is 20.1. The van der Waals surface area contributed by atoms with Crippen LogP contribution in [0.1, 0.15) is 0 Å². The zero-order chi connectivity index (χ0) is 38.9. The fourth-order valence-corrected chi connectivity index (χ4v) is 11.4. The quantitative estimate of drug-likeness (QED) is 0.152. The first-order valence-corrected chi connectivity index (χ1v) is 21.7. The second-order valence-corrected chi connectivity index (χ2v) is 17.4. The van der Waals surface area contributed by atoms with Gasteiger partial charge in [0.05, 0.1) is 5.69 Å². The molecule has 0 radical (unpaired) electrons. The van der Waals surface area contributed by atoms with Crippen LogP contribution >= 0.6 is 22.7 Å². The third kappa shape index (κ3) is 5.73. The molecule has 10 aromatic carbocycles. The molecular formula is C56H35NS2. The third-order valence-corrected chi connectivity index (χ3v) is 14.2. The number of fused-ring (bicyclic) bond motifs is 9. The molecule has 1 nitrogen and oxygen atoms in total. The van der Waals surface area contributed by atoms with E-state index in [1.54, 1.807) is 0 Å². The maximum absolute atomic E-state index is 2.48. The Morgan fingerprint density at radius 3 is 1.75 bits per heavy atom. The lowest BCUT2D eigenvalue weighted by atomic mass is 9.96. The van der Waals surface area contributed by atoms with Crippen LogP contribution in [-0.2, 0) is 0 Å². The first kappa shape index (κ1) is 34.0. The summed E-state index contributed by atoms with van der Waals surface area (Å²) < 4.78 is 5.19. The van der Waals surface area contributed by atoms with Crippen LogP contribution in [-0.4, -0.2) is 0 Å². The number of benzene rings is 10. The smallest absolute Gasteiger partial charge is 0.0555 e. The minimum absolute atomic E-state index is 1.12. The lowest BCUT2D eigenvalue weighted by Gasteiger charge is -2.27. The van der Waals surface area contributed by atoms with E-state index in [1.165, 1.54) is 101 Å². The molecule has 12 aromatic rings. The van der Waals surface area contributed by atoms with Gasteiger partial charge in [0.15, 0.2) is 0 Å². The van der Waals surface area contributed by atoms with Crippen LogP contribution in [0.5, 0.6) is 0 Å². The van der Waals surface area contributed by atoms with Gasteiger partial charge in [0.25, 0.3) is 0 Å². The highest BCUT2D eigenvalue weighted by atomic mass is 32.1. The molecule has 0 bridgehead atoms. The van der Waals surface area contributed by atoms with Crippen molar-refractivity contribution < 1.29 is 0 Å². The molecule has 0 atom stereocenters. The SMILES string of the molecule is c1ccc(-c2ccc3c(c2)sc2c(-c4ccccc4)ccc(N(c4ccc(-c5ccc6ccc7ccccc7c6c5)cc4)c4ccc5sc6ccccc6c5c4)c23)cc1. The molecule has 0 fully saturated rings. The van der Waals surface area contributed by atoms with Crippen LogP contribution in [0.3, 0.4) is 0 Å². The Bertz CT molecular complexity index is 3540. The minimum atomic E-state index is 1.12. The van der Waals surface area contributed by atoms with E-state index in [-0.39, 0.29) is 0 Å². The Hall–Kier alpha value is -7.04. The maximum atomic E-state index is 2.48. The van der Waals surface area contributed by atoms with Gasteiger partial charge >= 0.3 is 0 Å². The molecule has 3 heteroatoms. The van der Waals surface area contributed by atoms with Crippen LogP contribution in [0.25, 0.3) is 95.3 Å². The van der Waals surface area contributed by atoms with E-state index in [9.17, 15) is 0 Å². The topological polar surface area (TPSA) is 3.24 Å². The van der Waals surface area contributed by atoms with Gasteiger partial charge in [-0.25, -0.2) is 0 Å². The van der Waals surface area contributed by atoms with Crippen LogP contribution < -0.4 is 4.90 Å². The largest absolute Gasteiger partial charge is 0.310 e. The van der Waals surface area contributed by atoms with Gasteiger partial charge in [-0.15, -0.1) is 22.7 Å². The predicted octanol–water partition coefficient (Wildman–Crippen LogP) is 17.2. The molecule has 0 aliphatic heterocycles. The molecule has 276 valence electrons. The third-order valence-electron chi connectivity index (χ3n) is 11.9. The van der Waals surface area contributed by atoms with Crippen LogP contribution in [0.15, 0.2) is 212 Å². The fraction of sp³-hybridized carbons (Fsp3) is 0. The molecule has 0 amide bonds. The fourth-order valence-electron chi connectivity index (χ4n) is 8.97. The Morgan fingerprint density at radius 2 is 0.915 bits per heavy atom. The molecule has 0 saturated heterocycles. The van der Waals surface area contributed by atoms with Crippen molar-refractivity contribution >= 4 is 102 Å². The summed E-state index contributed by atoms with van der Waals surface area (Å²) in [5.74, 6) is 0. The van der Waals surface area contributed by atoms with E-state index >= 15 is 0 Å². The van der Waals surface area contributed by atoms with Gasteiger partial charge in [-0.2, -0.15) is 0 Å². The molecule has 0 aliphatic carbocycles. The Kier molecular flexibility index (Phi) is 7.97. The Labute approximate surface area is 350 Å². The molecular weight excluding hydrogens is 751 g/mol. The van der Waals surface area contributed by atoms with Crippen molar-refractivity contribution in [1.82, 2.24) is 0 Å². The average molecular weight is 786 g/mol. The predicted molar refractivity (Wildman–Crippen MR) is 258 cm³/mol. The second-order valence-electron chi connectivity index (χ2n) is 15.3. The highest BCUT2D eigenvalue weighted by Gasteiger charge is 2.22. The molecule has 0 unspecified atom stereocenters. The summed E-state index contributed by atoms with van der Waals surface area (Å²) in [6, 6.07) is 78.3. The van der Waals surface area contributed by atoms with Crippen molar-refractivity contribution in [1.29, 1.82) is 0 Å². The average Bonchev–Trinajstić information content (AvgIpc) is 3.88. The summed E-state index contributed by atoms with van der Waals surface area (Å²) in [6.07, 6.45) is 0. The van der Waals surface area contributed by atoms with E-state index in [1.807, 2.05) is 22.7 Å². The van der Waals surface area contributed by atoms with Crippen molar-refractivity contribution in [3.8, 4) is 33.4 Å². The molecule has 12 rings (SSSR count). The van der Waals surface area contributed by atoms with Gasteiger partial charge in [-0.05, 0) is 110 Å². The van der Waals surface area contributed by atoms with Crippen LogP contribution in [0, 0.1) is 0 Å². The summed E-state index contributed by atoms with van der Waals surface area (Å²) in [6.45, 7) is 0. The van der Waals surface area contributed by atoms with E-state index in [2.05, 4.69) is 217 Å².